The second kappa shape index (κ2) is 12.4. The Hall–Kier alpha value is -1.86. The number of benzene rings is 1. The minimum Gasteiger partial charge on any atom is -0.308 e. The maximum Gasteiger partial charge on any atom is 0.345 e. The van der Waals surface area contributed by atoms with E-state index >= 15 is 0 Å². The second-order valence-electron chi connectivity index (χ2n) is 7.82. The van der Waals surface area contributed by atoms with E-state index in [9.17, 15) is 9.13 Å². The lowest BCUT2D eigenvalue weighted by molar-refractivity contribution is 0.193. The van der Waals surface area contributed by atoms with Gasteiger partial charge in [0, 0.05) is 23.0 Å². The summed E-state index contributed by atoms with van der Waals surface area (Å²) in [6, 6.07) is 13.7. The summed E-state index contributed by atoms with van der Waals surface area (Å²) < 4.78 is 51.8. The Morgan fingerprint density at radius 2 is 1.40 bits per heavy atom. The molecule has 9 nitrogen and oxygen atoms in total. The van der Waals surface area contributed by atoms with Gasteiger partial charge in [0.05, 0.1) is 32.1 Å². The zero-order valence-electron chi connectivity index (χ0n) is 21.0. The second-order valence-corrected chi connectivity index (χ2v) is 12.7. The molecule has 0 unspecified atom stereocenters. The highest BCUT2D eigenvalue weighted by molar-refractivity contribution is 7.72. The van der Waals surface area contributed by atoms with E-state index in [1.54, 1.807) is 32.2 Å². The fourth-order valence-corrected chi connectivity index (χ4v) is 9.36. The first kappa shape index (κ1) is 27.7. The van der Waals surface area contributed by atoms with Gasteiger partial charge in [-0.2, -0.15) is 5.10 Å². The molecule has 0 aliphatic carbocycles. The van der Waals surface area contributed by atoms with Gasteiger partial charge in [0.15, 0.2) is 11.0 Å². The summed E-state index contributed by atoms with van der Waals surface area (Å²) in [7, 11) is -7.64. The van der Waals surface area contributed by atoms with Crippen LogP contribution in [0.5, 0.6) is 0 Å². The molecule has 2 heterocycles. The third-order valence-electron chi connectivity index (χ3n) is 5.32. The average molecular weight is 524 g/mol. The molecule has 0 bridgehead atoms. The summed E-state index contributed by atoms with van der Waals surface area (Å²) in [6.07, 6.45) is 0.572. The quantitative estimate of drug-likeness (QED) is 0.221. The molecule has 2 aromatic heterocycles. The number of rotatable bonds is 14. The van der Waals surface area contributed by atoms with Gasteiger partial charge in [-0.15, -0.1) is 0 Å². The fraction of sp³-hybridized carbons (Fsp3) is 0.500. The molecule has 0 N–H and O–H groups in total. The average Bonchev–Trinajstić information content (AvgIpc) is 3.24. The van der Waals surface area contributed by atoms with E-state index in [4.69, 9.17) is 23.2 Å². The number of hydrogen-bond donors (Lipinski definition) is 0. The molecule has 1 aromatic carbocycles. The minimum absolute atomic E-state index is 0.143. The van der Waals surface area contributed by atoms with Crippen LogP contribution in [0.15, 0.2) is 42.5 Å². The highest BCUT2D eigenvalue weighted by Gasteiger charge is 2.50. The third kappa shape index (κ3) is 6.48. The van der Waals surface area contributed by atoms with E-state index in [1.165, 1.54) is 0 Å². The maximum absolute atomic E-state index is 13.8. The molecule has 0 radical (unpaired) electrons. The van der Waals surface area contributed by atoms with E-state index in [2.05, 4.69) is 4.98 Å². The van der Waals surface area contributed by atoms with Gasteiger partial charge in [-0.1, -0.05) is 30.3 Å². The SMILES string of the molecule is CCOP(=O)(OCC)C(CCc1cc(C)nc2cc(-c3ccccc3)nn12)P(=O)(OCC)OCC. The fourth-order valence-electron chi connectivity index (χ4n) is 4.01. The van der Waals surface area contributed by atoms with E-state index in [1.807, 2.05) is 49.4 Å². The Morgan fingerprint density at radius 3 is 1.91 bits per heavy atom. The normalized spacial score (nSPS) is 12.6. The van der Waals surface area contributed by atoms with E-state index in [-0.39, 0.29) is 32.8 Å². The Balaban J connectivity index is 2.02. The van der Waals surface area contributed by atoms with Crippen LogP contribution in [-0.2, 0) is 33.6 Å². The van der Waals surface area contributed by atoms with Crippen LogP contribution in [0.25, 0.3) is 16.9 Å². The summed E-state index contributed by atoms with van der Waals surface area (Å²) >= 11 is 0. The molecule has 35 heavy (non-hydrogen) atoms. The molecule has 3 aromatic rings. The third-order valence-corrected chi connectivity index (χ3v) is 11.5. The standard InChI is InChI=1S/C24H35N3O6P2/c1-6-30-34(28,31-7-2)24(35(29,32-8-3)33-9-4)16-15-21-17-19(5)25-23-18-22(26-27(21)23)20-13-11-10-12-14-20/h10-14,17-18,24H,6-9,15-16H2,1-5H3. The van der Waals surface area contributed by atoms with Crippen LogP contribution in [0, 0.1) is 6.92 Å². The van der Waals surface area contributed by atoms with Gasteiger partial charge in [0.1, 0.15) is 0 Å². The Bertz CT molecular complexity index is 1150. The van der Waals surface area contributed by atoms with Crippen LogP contribution in [0.3, 0.4) is 0 Å². The predicted octanol–water partition coefficient (Wildman–Crippen LogP) is 6.50. The first-order valence-corrected chi connectivity index (χ1v) is 15.2. The van der Waals surface area contributed by atoms with Crippen LogP contribution in [0.2, 0.25) is 0 Å². The summed E-state index contributed by atoms with van der Waals surface area (Å²) in [5.74, 6) is 0. The smallest absolute Gasteiger partial charge is 0.308 e. The van der Waals surface area contributed by atoms with Crippen molar-refractivity contribution < 1.29 is 27.2 Å². The van der Waals surface area contributed by atoms with Gasteiger partial charge in [-0.3, -0.25) is 9.13 Å². The molecule has 0 aliphatic heterocycles. The minimum atomic E-state index is -3.82. The highest BCUT2D eigenvalue weighted by atomic mass is 31.2. The van der Waals surface area contributed by atoms with Crippen molar-refractivity contribution >= 4 is 20.8 Å². The molecule has 0 saturated heterocycles. The Labute approximate surface area is 207 Å². The molecule has 11 heteroatoms. The lowest BCUT2D eigenvalue weighted by atomic mass is 10.2. The summed E-state index contributed by atoms with van der Waals surface area (Å²) in [6.45, 7) is 9.37. The van der Waals surface area contributed by atoms with E-state index in [0.717, 1.165) is 22.6 Å². The molecule has 192 valence electrons. The number of aromatic nitrogens is 3. The summed E-state index contributed by atoms with van der Waals surface area (Å²) in [4.78, 5) is 4.62. The molecule has 3 rings (SSSR count). The van der Waals surface area contributed by atoms with Crippen molar-refractivity contribution in [1.82, 2.24) is 14.6 Å². The monoisotopic (exact) mass is 523 g/mol. The molecule has 0 amide bonds. The van der Waals surface area contributed by atoms with Crippen molar-refractivity contribution in [2.45, 2.75) is 52.9 Å². The zero-order valence-corrected chi connectivity index (χ0v) is 22.8. The van der Waals surface area contributed by atoms with Crippen LogP contribution in [-0.4, -0.2) is 46.4 Å². The van der Waals surface area contributed by atoms with Gasteiger partial charge >= 0.3 is 15.2 Å². The molecule has 0 spiro atoms. The Kier molecular flexibility index (Phi) is 9.82. The van der Waals surface area contributed by atoms with Crippen LogP contribution in [0.1, 0.15) is 45.5 Å². The topological polar surface area (TPSA) is 101 Å². The first-order chi connectivity index (χ1) is 16.8. The molecular formula is C24H35N3O6P2. The van der Waals surface area contributed by atoms with Crippen molar-refractivity contribution in [3.8, 4) is 11.3 Å². The van der Waals surface area contributed by atoms with Crippen molar-refractivity contribution in [1.29, 1.82) is 0 Å². The lowest BCUT2D eigenvalue weighted by Gasteiger charge is -2.31. The van der Waals surface area contributed by atoms with Crippen molar-refractivity contribution in [2.75, 3.05) is 26.4 Å². The van der Waals surface area contributed by atoms with Gasteiger partial charge in [-0.05, 0) is 53.5 Å². The highest BCUT2D eigenvalue weighted by Crippen LogP contribution is 2.71. The van der Waals surface area contributed by atoms with E-state index in [0.29, 0.717) is 12.1 Å². The predicted molar refractivity (Wildman–Crippen MR) is 137 cm³/mol. The van der Waals surface area contributed by atoms with E-state index < -0.39 is 20.6 Å². The number of hydrogen-bond acceptors (Lipinski definition) is 8. The number of aryl methyl sites for hydroxylation is 2. The van der Waals surface area contributed by atoms with Crippen molar-refractivity contribution in [3.05, 3.63) is 53.9 Å². The maximum atomic E-state index is 13.8. The van der Waals surface area contributed by atoms with Crippen LogP contribution >= 0.6 is 15.2 Å². The zero-order chi connectivity index (χ0) is 25.5. The number of nitrogens with zero attached hydrogens (tertiary/aromatic N) is 3. The molecular weight excluding hydrogens is 488 g/mol. The van der Waals surface area contributed by atoms with Crippen molar-refractivity contribution in [3.63, 3.8) is 0 Å². The summed E-state index contributed by atoms with van der Waals surface area (Å²) in [5.41, 5.74) is 4.13. The van der Waals surface area contributed by atoms with Gasteiger partial charge in [0.2, 0.25) is 0 Å². The number of fused-ring (bicyclic) bond motifs is 1. The van der Waals surface area contributed by atoms with Crippen molar-refractivity contribution in [2.24, 2.45) is 0 Å². The molecule has 0 saturated carbocycles. The lowest BCUT2D eigenvalue weighted by Crippen LogP contribution is -2.19. The largest absolute Gasteiger partial charge is 0.345 e. The molecule has 0 atom stereocenters. The van der Waals surface area contributed by atoms with Gasteiger partial charge in [-0.25, -0.2) is 9.50 Å². The first-order valence-electron chi connectivity index (χ1n) is 12.0. The van der Waals surface area contributed by atoms with Crippen LogP contribution < -0.4 is 0 Å². The molecule has 0 aliphatic rings. The molecule has 0 fully saturated rings. The van der Waals surface area contributed by atoms with Crippen LogP contribution in [0.4, 0.5) is 0 Å². The summed E-state index contributed by atoms with van der Waals surface area (Å²) in [5, 5.41) is 3.68. The van der Waals surface area contributed by atoms with Gasteiger partial charge in [0.25, 0.3) is 0 Å². The van der Waals surface area contributed by atoms with Gasteiger partial charge < -0.3 is 18.1 Å². The Morgan fingerprint density at radius 1 is 0.857 bits per heavy atom.